The molecule has 2 heterocycles. The standard InChI is InChI=1S/C22H26N2O4S/c1-16-6-2-3-7-17(16)10-11-23-20(25)15-28-22(27)18-8-4-12-24(14-18)21(26)19-9-5-13-29-19/h2-3,5-7,9,13,18H,4,8,10-12,14-15H2,1H3,(H,23,25). The van der Waals surface area contributed by atoms with Gasteiger partial charge >= 0.3 is 5.97 Å². The smallest absolute Gasteiger partial charge is 0.311 e. The molecule has 1 fully saturated rings. The maximum absolute atomic E-state index is 12.5. The Labute approximate surface area is 174 Å². The average molecular weight is 415 g/mol. The van der Waals surface area contributed by atoms with Crippen molar-refractivity contribution in [2.75, 3.05) is 26.2 Å². The molecule has 0 aliphatic carbocycles. The summed E-state index contributed by atoms with van der Waals surface area (Å²) in [5, 5.41) is 4.64. The van der Waals surface area contributed by atoms with Crippen LogP contribution in [0.2, 0.25) is 0 Å². The predicted molar refractivity (Wildman–Crippen MR) is 112 cm³/mol. The monoisotopic (exact) mass is 414 g/mol. The molecule has 2 amide bonds. The molecule has 154 valence electrons. The second-order valence-electron chi connectivity index (χ2n) is 7.20. The van der Waals surface area contributed by atoms with Crippen LogP contribution in [0.1, 0.15) is 33.6 Å². The second kappa shape index (κ2) is 10.2. The topological polar surface area (TPSA) is 75.7 Å². The number of nitrogens with one attached hydrogen (secondary N) is 1. The van der Waals surface area contributed by atoms with Crippen molar-refractivity contribution in [2.45, 2.75) is 26.2 Å². The van der Waals surface area contributed by atoms with E-state index in [9.17, 15) is 14.4 Å². The van der Waals surface area contributed by atoms with Crippen molar-refractivity contribution in [1.29, 1.82) is 0 Å². The minimum absolute atomic E-state index is 0.0496. The highest BCUT2D eigenvalue weighted by atomic mass is 32.1. The molecule has 29 heavy (non-hydrogen) atoms. The zero-order valence-corrected chi connectivity index (χ0v) is 17.4. The van der Waals surface area contributed by atoms with E-state index < -0.39 is 5.97 Å². The summed E-state index contributed by atoms with van der Waals surface area (Å²) in [6, 6.07) is 11.7. The van der Waals surface area contributed by atoms with Gasteiger partial charge in [0.2, 0.25) is 0 Å². The van der Waals surface area contributed by atoms with E-state index in [1.54, 1.807) is 11.0 Å². The summed E-state index contributed by atoms with van der Waals surface area (Å²) < 4.78 is 5.20. The predicted octanol–water partition coefficient (Wildman–Crippen LogP) is 2.81. The van der Waals surface area contributed by atoms with Gasteiger partial charge in [0.05, 0.1) is 10.8 Å². The molecule has 0 spiro atoms. The number of piperidine rings is 1. The highest BCUT2D eigenvalue weighted by molar-refractivity contribution is 7.12. The highest BCUT2D eigenvalue weighted by Crippen LogP contribution is 2.21. The molecule has 1 atom stereocenters. The van der Waals surface area contributed by atoms with Gasteiger partial charge in [-0.1, -0.05) is 30.3 Å². The van der Waals surface area contributed by atoms with E-state index in [1.165, 1.54) is 22.5 Å². The summed E-state index contributed by atoms with van der Waals surface area (Å²) >= 11 is 1.39. The van der Waals surface area contributed by atoms with Crippen LogP contribution in [0, 0.1) is 12.8 Å². The third-order valence-electron chi connectivity index (χ3n) is 5.10. The number of likely N-dealkylation sites (tertiary alicyclic amines) is 1. The molecule has 7 heteroatoms. The van der Waals surface area contributed by atoms with E-state index in [2.05, 4.69) is 5.32 Å². The molecule has 3 rings (SSSR count). The van der Waals surface area contributed by atoms with Crippen molar-refractivity contribution < 1.29 is 19.1 Å². The Morgan fingerprint density at radius 3 is 2.79 bits per heavy atom. The number of ether oxygens (including phenoxy) is 1. The Hall–Kier alpha value is -2.67. The first-order valence-electron chi connectivity index (χ1n) is 9.85. The fourth-order valence-electron chi connectivity index (χ4n) is 3.44. The van der Waals surface area contributed by atoms with Crippen molar-refractivity contribution in [1.82, 2.24) is 10.2 Å². The lowest BCUT2D eigenvalue weighted by Gasteiger charge is -2.31. The number of benzene rings is 1. The van der Waals surface area contributed by atoms with Gasteiger partial charge in [0, 0.05) is 19.6 Å². The zero-order chi connectivity index (χ0) is 20.6. The number of thiophene rings is 1. The normalized spacial score (nSPS) is 16.3. The van der Waals surface area contributed by atoms with Crippen LogP contribution in [-0.2, 0) is 20.7 Å². The summed E-state index contributed by atoms with van der Waals surface area (Å²) in [6.07, 6.45) is 2.15. The first kappa shape index (κ1) is 21.0. The van der Waals surface area contributed by atoms with Crippen molar-refractivity contribution >= 4 is 29.1 Å². The average Bonchev–Trinajstić information content (AvgIpc) is 3.28. The lowest BCUT2D eigenvalue weighted by atomic mass is 9.98. The third-order valence-corrected chi connectivity index (χ3v) is 5.96. The molecular formula is C22H26N2O4S. The van der Waals surface area contributed by atoms with Gasteiger partial charge in [-0.15, -0.1) is 11.3 Å². The second-order valence-corrected chi connectivity index (χ2v) is 8.15. The van der Waals surface area contributed by atoms with Crippen LogP contribution in [0.4, 0.5) is 0 Å². The Morgan fingerprint density at radius 1 is 1.21 bits per heavy atom. The van der Waals surface area contributed by atoms with E-state index >= 15 is 0 Å². The fourth-order valence-corrected chi connectivity index (χ4v) is 4.13. The van der Waals surface area contributed by atoms with E-state index in [4.69, 9.17) is 4.74 Å². The molecule has 2 aromatic rings. The number of nitrogens with zero attached hydrogens (tertiary/aromatic N) is 1. The molecular weight excluding hydrogens is 388 g/mol. The molecule has 0 radical (unpaired) electrons. The lowest BCUT2D eigenvalue weighted by molar-refractivity contribution is -0.153. The number of amides is 2. The van der Waals surface area contributed by atoms with Gasteiger partial charge in [0.1, 0.15) is 0 Å². The van der Waals surface area contributed by atoms with E-state index in [0.29, 0.717) is 30.9 Å². The quantitative estimate of drug-likeness (QED) is 0.707. The van der Waals surface area contributed by atoms with Crippen molar-refractivity contribution in [3.8, 4) is 0 Å². The van der Waals surface area contributed by atoms with Crippen molar-refractivity contribution in [3.63, 3.8) is 0 Å². The zero-order valence-electron chi connectivity index (χ0n) is 16.6. The molecule has 6 nitrogen and oxygen atoms in total. The summed E-state index contributed by atoms with van der Waals surface area (Å²) in [5.74, 6) is -1.16. The van der Waals surface area contributed by atoms with Gasteiger partial charge in [-0.25, -0.2) is 0 Å². The molecule has 1 aromatic heterocycles. The minimum atomic E-state index is -0.414. The van der Waals surface area contributed by atoms with Crippen molar-refractivity contribution in [3.05, 3.63) is 57.8 Å². The first-order chi connectivity index (χ1) is 14.0. The van der Waals surface area contributed by atoms with Crippen molar-refractivity contribution in [2.24, 2.45) is 5.92 Å². The minimum Gasteiger partial charge on any atom is -0.455 e. The van der Waals surface area contributed by atoms with E-state index in [-0.39, 0.29) is 24.3 Å². The van der Waals surface area contributed by atoms with Crippen LogP contribution in [0.15, 0.2) is 41.8 Å². The Bertz CT molecular complexity index is 850. The number of carbonyl (C=O) groups excluding carboxylic acids is 3. The van der Waals surface area contributed by atoms with E-state index in [1.807, 2.05) is 42.6 Å². The summed E-state index contributed by atoms with van der Waals surface area (Å²) in [7, 11) is 0. The molecule has 1 aliphatic rings. The lowest BCUT2D eigenvalue weighted by Crippen LogP contribution is -2.43. The molecule has 0 bridgehead atoms. The SMILES string of the molecule is Cc1ccccc1CCNC(=O)COC(=O)C1CCCN(C(=O)c2cccs2)C1. The van der Waals surface area contributed by atoms with Gasteiger partial charge in [-0.3, -0.25) is 14.4 Å². The number of hydrogen-bond acceptors (Lipinski definition) is 5. The van der Waals surface area contributed by atoms with Crippen LogP contribution in [0.25, 0.3) is 0 Å². The largest absolute Gasteiger partial charge is 0.455 e. The number of hydrogen-bond donors (Lipinski definition) is 1. The van der Waals surface area contributed by atoms with Crippen LogP contribution in [0.5, 0.6) is 0 Å². The van der Waals surface area contributed by atoms with Gasteiger partial charge in [0.25, 0.3) is 11.8 Å². The molecule has 1 N–H and O–H groups in total. The molecule has 1 unspecified atom stereocenters. The van der Waals surface area contributed by atoms with Crippen LogP contribution >= 0.6 is 11.3 Å². The van der Waals surface area contributed by atoms with E-state index in [0.717, 1.165) is 12.8 Å². The highest BCUT2D eigenvalue weighted by Gasteiger charge is 2.30. The molecule has 1 aromatic carbocycles. The van der Waals surface area contributed by atoms with Gasteiger partial charge in [0.15, 0.2) is 6.61 Å². The summed E-state index contributed by atoms with van der Waals surface area (Å²) in [4.78, 5) is 39.2. The Balaban J connectivity index is 1.40. The molecule has 0 saturated carbocycles. The van der Waals surface area contributed by atoms with Gasteiger partial charge < -0.3 is 15.0 Å². The van der Waals surface area contributed by atoms with Crippen LogP contribution in [-0.4, -0.2) is 48.9 Å². The van der Waals surface area contributed by atoms with Gasteiger partial charge in [-0.2, -0.15) is 0 Å². The number of rotatable bonds is 7. The summed E-state index contributed by atoms with van der Waals surface area (Å²) in [5.41, 5.74) is 2.37. The maximum atomic E-state index is 12.5. The molecule has 1 saturated heterocycles. The Kier molecular flexibility index (Phi) is 7.41. The number of esters is 1. The molecule has 1 aliphatic heterocycles. The number of carbonyl (C=O) groups is 3. The first-order valence-corrected chi connectivity index (χ1v) is 10.7. The fraction of sp³-hybridized carbons (Fsp3) is 0.409. The number of aryl methyl sites for hydroxylation is 1. The van der Waals surface area contributed by atoms with Crippen LogP contribution in [0.3, 0.4) is 0 Å². The summed E-state index contributed by atoms with van der Waals surface area (Å²) in [6.45, 7) is 3.22. The van der Waals surface area contributed by atoms with Crippen LogP contribution < -0.4 is 5.32 Å². The maximum Gasteiger partial charge on any atom is 0.311 e. The Morgan fingerprint density at radius 2 is 2.03 bits per heavy atom. The third kappa shape index (κ3) is 5.90. The van der Waals surface area contributed by atoms with Gasteiger partial charge in [-0.05, 0) is 48.8 Å².